The molecule has 8 heteroatoms. The van der Waals surface area contributed by atoms with Crippen molar-refractivity contribution in [1.82, 2.24) is 5.32 Å². The summed E-state index contributed by atoms with van der Waals surface area (Å²) >= 11 is 0. The average molecular weight is 1020 g/mol. The van der Waals surface area contributed by atoms with Crippen molar-refractivity contribution in [2.24, 2.45) is 113 Å². The molecule has 6 unspecified atom stereocenters. The predicted molar refractivity (Wildman–Crippen MR) is 296 cm³/mol. The molecule has 0 aromatic rings. The summed E-state index contributed by atoms with van der Waals surface area (Å²) < 4.78 is 6.03. The minimum atomic E-state index is -0.554. The van der Waals surface area contributed by atoms with Crippen LogP contribution in [0.5, 0.6) is 0 Å². The van der Waals surface area contributed by atoms with Crippen molar-refractivity contribution in [1.29, 1.82) is 0 Å². The number of carboxylic acids is 2. The van der Waals surface area contributed by atoms with Crippen LogP contribution in [-0.2, 0) is 23.9 Å². The van der Waals surface area contributed by atoms with Crippen LogP contribution in [0, 0.1) is 113 Å². The van der Waals surface area contributed by atoms with E-state index in [0.29, 0.717) is 60.2 Å². The van der Waals surface area contributed by atoms with Gasteiger partial charge < -0.3 is 20.3 Å². The number of nitrogens with one attached hydrogen (secondary N) is 1. The summed E-state index contributed by atoms with van der Waals surface area (Å²) in [5.74, 6) is 3.54. The van der Waals surface area contributed by atoms with Crippen LogP contribution in [0.2, 0.25) is 0 Å². The lowest BCUT2D eigenvalue weighted by molar-refractivity contribution is -0.250. The van der Waals surface area contributed by atoms with Crippen molar-refractivity contribution in [2.75, 3.05) is 0 Å². The van der Waals surface area contributed by atoms with Crippen LogP contribution in [0.1, 0.15) is 238 Å². The zero-order valence-electron chi connectivity index (χ0n) is 49.3. The molecule has 0 bridgehead atoms. The Kier molecular flexibility index (Phi) is 14.0. The molecular formula is C66H105NO7. The number of aliphatic carboxylic acids is 2. The summed E-state index contributed by atoms with van der Waals surface area (Å²) in [4.78, 5) is 50.3. The standard InChI is InChI=1S/C33H53NO3.C33H52O4/c1-9-26(35)34-25-14-15-30(6)23(29(25,4)5)13-16-32(8)24(30)11-10-22-27-21(20(2)3)12-17-33(27,28(36)37)19-18-31(22,32)7;1-9-26(34)37-25-14-15-30(6)23(29(25,4)5)13-16-32(8)24(30)11-10-22-27-21(20(2)3)12-17-33(27,28(35)36)19-18-31(22,32)7/h21-25,27H,2,9-19H2,1,3-8H3,(H,34,35)(H,36,37);21-25,27H,2,9-19H2,1,3-8H3,(H,35,36)/t2*21-,22+,23?,24?,25-,27?,30-,31+,32+,33-/m00/s1. The Labute approximate surface area is 449 Å². The topological polar surface area (TPSA) is 130 Å². The van der Waals surface area contributed by atoms with Gasteiger partial charge in [-0.2, -0.15) is 0 Å². The maximum Gasteiger partial charge on any atom is 0.309 e. The molecule has 416 valence electrons. The highest BCUT2D eigenvalue weighted by molar-refractivity contribution is 5.77. The highest BCUT2D eigenvalue weighted by Gasteiger charge is 2.74. The van der Waals surface area contributed by atoms with Gasteiger partial charge in [0.25, 0.3) is 0 Å². The van der Waals surface area contributed by atoms with Gasteiger partial charge in [-0.25, -0.2) is 0 Å². The van der Waals surface area contributed by atoms with Crippen LogP contribution < -0.4 is 5.32 Å². The number of allylic oxidation sites excluding steroid dienone is 2. The molecule has 10 rings (SSSR count). The molecule has 74 heavy (non-hydrogen) atoms. The van der Waals surface area contributed by atoms with E-state index in [-0.39, 0.29) is 79.2 Å². The van der Waals surface area contributed by atoms with E-state index in [9.17, 15) is 29.4 Å². The lowest BCUT2D eigenvalue weighted by Gasteiger charge is -2.73. The number of ether oxygens (including phenoxy) is 1. The SMILES string of the molecule is C=C(C)[C@@H]1CC[C@]2(C(=O)O)CC[C@]3(C)[C@H](CCC4[C@@]5(C)CC[C@H](NC(=O)CC)C(C)(C)C5CC[C@]43C)C12.C=C(C)[C@@H]1CC[C@]2(C(=O)O)CC[C@]3(C)[C@H](CCC4[C@@]5(C)CC[C@H](OC(=O)CC)C(C)(C)C5CC[C@]43C)C12. The number of amides is 1. The number of carbonyl (C=O) groups is 4. The largest absolute Gasteiger partial charge is 0.481 e. The number of carbonyl (C=O) groups excluding carboxylic acids is 2. The van der Waals surface area contributed by atoms with Crippen LogP contribution in [0.4, 0.5) is 0 Å². The Bertz CT molecular complexity index is 2130. The third kappa shape index (κ3) is 7.54. The maximum atomic E-state index is 12.8. The van der Waals surface area contributed by atoms with E-state index < -0.39 is 22.8 Å². The first-order chi connectivity index (χ1) is 34.4. The van der Waals surface area contributed by atoms with Gasteiger partial charge in [0.1, 0.15) is 6.10 Å². The van der Waals surface area contributed by atoms with Crippen LogP contribution in [0.15, 0.2) is 24.3 Å². The second-order valence-corrected chi connectivity index (χ2v) is 30.8. The number of rotatable bonds is 8. The zero-order chi connectivity index (χ0) is 54.4. The highest BCUT2D eigenvalue weighted by Crippen LogP contribution is 2.80. The number of carboxylic acid groups (broad SMARTS) is 2. The summed E-state index contributed by atoms with van der Waals surface area (Å²) in [5, 5.41) is 24.5. The van der Waals surface area contributed by atoms with Gasteiger partial charge in [0.2, 0.25) is 5.91 Å². The van der Waals surface area contributed by atoms with Crippen LogP contribution in [0.25, 0.3) is 0 Å². The summed E-state index contributed by atoms with van der Waals surface area (Å²) in [6.07, 6.45) is 22.3. The molecule has 0 radical (unpaired) electrons. The monoisotopic (exact) mass is 1020 g/mol. The summed E-state index contributed by atoms with van der Waals surface area (Å²) in [6, 6.07) is 0.259. The fraction of sp³-hybridized carbons (Fsp3) is 0.879. The van der Waals surface area contributed by atoms with Gasteiger partial charge in [0.05, 0.1) is 10.8 Å². The number of hydrogen-bond donors (Lipinski definition) is 3. The van der Waals surface area contributed by atoms with E-state index >= 15 is 0 Å². The Morgan fingerprint density at radius 2 is 0.919 bits per heavy atom. The molecule has 0 aliphatic heterocycles. The first-order valence-electron chi connectivity index (χ1n) is 30.6. The van der Waals surface area contributed by atoms with E-state index in [1.807, 2.05) is 13.8 Å². The molecule has 10 fully saturated rings. The van der Waals surface area contributed by atoms with Crippen molar-refractivity contribution in [3.63, 3.8) is 0 Å². The second-order valence-electron chi connectivity index (χ2n) is 30.8. The van der Waals surface area contributed by atoms with Crippen molar-refractivity contribution < 1.29 is 34.1 Å². The Morgan fingerprint density at radius 3 is 1.32 bits per heavy atom. The molecule has 20 atom stereocenters. The molecule has 0 heterocycles. The zero-order valence-corrected chi connectivity index (χ0v) is 49.3. The molecule has 10 saturated carbocycles. The summed E-state index contributed by atoms with van der Waals surface area (Å²) in [5.41, 5.74) is 2.60. The number of esters is 1. The molecule has 1 amide bonds. The first kappa shape index (κ1) is 56.1. The molecule has 0 spiro atoms. The van der Waals surface area contributed by atoms with E-state index in [4.69, 9.17) is 4.74 Å². The van der Waals surface area contributed by atoms with Gasteiger partial charge in [-0.3, -0.25) is 19.2 Å². The molecule has 10 aliphatic carbocycles. The first-order valence-corrected chi connectivity index (χ1v) is 30.6. The van der Waals surface area contributed by atoms with Gasteiger partial charge in [-0.1, -0.05) is 107 Å². The number of fused-ring (bicyclic) bond motifs is 14. The number of hydrogen-bond acceptors (Lipinski definition) is 5. The summed E-state index contributed by atoms with van der Waals surface area (Å²) in [6.45, 7) is 41.9. The van der Waals surface area contributed by atoms with Gasteiger partial charge in [0.15, 0.2) is 0 Å². The second kappa shape index (κ2) is 18.5. The van der Waals surface area contributed by atoms with Crippen LogP contribution in [-0.4, -0.2) is 46.2 Å². The third-order valence-corrected chi connectivity index (χ3v) is 28.2. The van der Waals surface area contributed by atoms with E-state index in [1.165, 1.54) is 62.5 Å². The van der Waals surface area contributed by atoms with Crippen molar-refractivity contribution >= 4 is 23.8 Å². The van der Waals surface area contributed by atoms with Crippen molar-refractivity contribution in [2.45, 2.75) is 250 Å². The molecule has 8 nitrogen and oxygen atoms in total. The van der Waals surface area contributed by atoms with Gasteiger partial charge >= 0.3 is 17.9 Å². The van der Waals surface area contributed by atoms with E-state index in [1.54, 1.807) is 0 Å². The Balaban J connectivity index is 0.000000182. The predicted octanol–water partition coefficient (Wildman–Crippen LogP) is 15.7. The lowest BCUT2D eigenvalue weighted by Crippen LogP contribution is -2.68. The lowest BCUT2D eigenvalue weighted by atomic mass is 9.32. The van der Waals surface area contributed by atoms with Crippen molar-refractivity contribution in [3.05, 3.63) is 24.3 Å². The van der Waals surface area contributed by atoms with Gasteiger partial charge in [0, 0.05) is 24.3 Å². The minimum absolute atomic E-state index is 0.00924. The molecule has 10 aliphatic rings. The molecule has 0 aromatic heterocycles. The summed E-state index contributed by atoms with van der Waals surface area (Å²) in [7, 11) is 0. The molecule has 3 N–H and O–H groups in total. The maximum absolute atomic E-state index is 12.8. The Morgan fingerprint density at radius 1 is 0.486 bits per heavy atom. The van der Waals surface area contributed by atoms with Crippen molar-refractivity contribution in [3.8, 4) is 0 Å². The van der Waals surface area contributed by atoms with E-state index in [2.05, 4.69) is 102 Å². The van der Waals surface area contributed by atoms with Gasteiger partial charge in [-0.15, -0.1) is 0 Å². The molecular weight excluding hydrogens is 919 g/mol. The normalized spacial score (nSPS) is 50.1. The fourth-order valence-electron chi connectivity index (χ4n) is 24.0. The van der Waals surface area contributed by atoms with Crippen LogP contribution in [0.3, 0.4) is 0 Å². The van der Waals surface area contributed by atoms with Gasteiger partial charge in [-0.05, 0) is 239 Å². The quantitative estimate of drug-likeness (QED) is 0.163. The Hall–Kier alpha value is -2.64. The fourth-order valence-corrected chi connectivity index (χ4v) is 24.0. The highest BCUT2D eigenvalue weighted by atomic mass is 16.5. The van der Waals surface area contributed by atoms with E-state index in [0.717, 1.165) is 77.0 Å². The molecule has 0 aromatic carbocycles. The molecule has 0 saturated heterocycles. The minimum Gasteiger partial charge on any atom is -0.481 e. The van der Waals surface area contributed by atoms with Crippen LogP contribution >= 0.6 is 0 Å². The third-order valence-electron chi connectivity index (χ3n) is 28.2. The smallest absolute Gasteiger partial charge is 0.309 e. The average Bonchev–Trinajstić information content (AvgIpc) is 3.93.